The quantitative estimate of drug-likeness (QED) is 0.722. The van der Waals surface area contributed by atoms with Crippen LogP contribution in [0, 0.1) is 0 Å². The lowest BCUT2D eigenvalue weighted by Crippen LogP contribution is -2.41. The van der Waals surface area contributed by atoms with Gasteiger partial charge in [-0.15, -0.1) is 0 Å². The highest BCUT2D eigenvalue weighted by molar-refractivity contribution is 7.89. The molecule has 1 aromatic rings. The molecule has 2 atom stereocenters. The van der Waals surface area contributed by atoms with Gasteiger partial charge < -0.3 is 11.1 Å². The van der Waals surface area contributed by atoms with Gasteiger partial charge in [0.25, 0.3) is 0 Å². The highest BCUT2D eigenvalue weighted by atomic mass is 32.2. The molecule has 0 aromatic heterocycles. The summed E-state index contributed by atoms with van der Waals surface area (Å²) in [6.45, 7) is 2.22. The smallest absolute Gasteiger partial charge is 0.240 e. The SMILES string of the molecule is Nc1ccc(NC2CCN3CCCCC23)c(S(N)(=O)=O)c1. The fraction of sp³-hybridized carbons (Fsp3) is 0.571. The molecule has 0 bridgehead atoms. The van der Waals surface area contributed by atoms with Gasteiger partial charge in [-0.2, -0.15) is 0 Å². The van der Waals surface area contributed by atoms with E-state index in [1.165, 1.54) is 18.9 Å². The summed E-state index contributed by atoms with van der Waals surface area (Å²) in [6, 6.07) is 5.59. The first-order chi connectivity index (χ1) is 9.95. The van der Waals surface area contributed by atoms with Crippen LogP contribution in [0.3, 0.4) is 0 Å². The summed E-state index contributed by atoms with van der Waals surface area (Å²) < 4.78 is 23.5. The van der Waals surface area contributed by atoms with Crippen molar-refractivity contribution < 1.29 is 8.42 Å². The van der Waals surface area contributed by atoms with Gasteiger partial charge in [-0.05, 0) is 44.0 Å². The molecule has 0 radical (unpaired) electrons. The summed E-state index contributed by atoms with van der Waals surface area (Å²) in [4.78, 5) is 2.58. The third-order valence-corrected chi connectivity index (χ3v) is 5.46. The molecule has 2 fully saturated rings. The minimum Gasteiger partial charge on any atom is -0.399 e. The molecule has 2 heterocycles. The van der Waals surface area contributed by atoms with Crippen molar-refractivity contribution in [3.63, 3.8) is 0 Å². The minimum atomic E-state index is -3.78. The van der Waals surface area contributed by atoms with E-state index >= 15 is 0 Å². The average molecular weight is 310 g/mol. The van der Waals surface area contributed by atoms with E-state index < -0.39 is 10.0 Å². The second-order valence-corrected chi connectivity index (χ2v) is 7.47. The summed E-state index contributed by atoms with van der Waals surface area (Å²) in [7, 11) is -3.78. The fourth-order valence-electron chi connectivity index (χ4n) is 3.51. The van der Waals surface area contributed by atoms with Crippen LogP contribution in [0.15, 0.2) is 23.1 Å². The van der Waals surface area contributed by atoms with Crippen molar-refractivity contribution in [3.05, 3.63) is 18.2 Å². The van der Waals surface area contributed by atoms with Gasteiger partial charge in [-0.25, -0.2) is 13.6 Å². The molecule has 2 aliphatic rings. The Morgan fingerprint density at radius 3 is 2.76 bits per heavy atom. The molecule has 7 heteroatoms. The number of benzene rings is 1. The van der Waals surface area contributed by atoms with Crippen LogP contribution in [0.2, 0.25) is 0 Å². The fourth-order valence-corrected chi connectivity index (χ4v) is 4.24. The predicted molar refractivity (Wildman–Crippen MR) is 83.5 cm³/mol. The molecule has 0 amide bonds. The molecule has 5 N–H and O–H groups in total. The number of hydrogen-bond acceptors (Lipinski definition) is 5. The van der Waals surface area contributed by atoms with E-state index in [0.717, 1.165) is 25.9 Å². The summed E-state index contributed by atoms with van der Waals surface area (Å²) in [5, 5.41) is 8.68. The Bertz CT molecular complexity index is 632. The van der Waals surface area contributed by atoms with Crippen molar-refractivity contribution in [2.45, 2.75) is 42.7 Å². The van der Waals surface area contributed by atoms with Gasteiger partial charge in [0.2, 0.25) is 10.0 Å². The highest BCUT2D eigenvalue weighted by Crippen LogP contribution is 2.31. The van der Waals surface area contributed by atoms with Gasteiger partial charge in [-0.3, -0.25) is 4.90 Å². The molecule has 0 aliphatic carbocycles. The third kappa shape index (κ3) is 3.00. The number of nitrogens with two attached hydrogens (primary N) is 2. The zero-order chi connectivity index (χ0) is 15.0. The Balaban J connectivity index is 1.85. The predicted octanol–water partition coefficient (Wildman–Crippen LogP) is 0.955. The third-order valence-electron chi connectivity index (χ3n) is 4.51. The lowest BCUT2D eigenvalue weighted by Gasteiger charge is -2.33. The van der Waals surface area contributed by atoms with Crippen molar-refractivity contribution >= 4 is 21.4 Å². The molecule has 2 unspecified atom stereocenters. The van der Waals surface area contributed by atoms with Crippen LogP contribution in [-0.2, 0) is 10.0 Å². The van der Waals surface area contributed by atoms with Crippen LogP contribution in [0.25, 0.3) is 0 Å². The van der Waals surface area contributed by atoms with Crippen molar-refractivity contribution in [2.75, 3.05) is 24.1 Å². The molecule has 6 nitrogen and oxygen atoms in total. The Morgan fingerprint density at radius 1 is 1.19 bits per heavy atom. The first kappa shape index (κ1) is 14.6. The van der Waals surface area contributed by atoms with Crippen LogP contribution in [0.4, 0.5) is 11.4 Å². The van der Waals surface area contributed by atoms with Gasteiger partial charge in [0, 0.05) is 24.3 Å². The Kier molecular flexibility index (Phi) is 3.81. The number of nitrogens with zero attached hydrogens (tertiary/aromatic N) is 1. The number of rotatable bonds is 3. The molecule has 3 rings (SSSR count). The maximum Gasteiger partial charge on any atom is 0.240 e. The molecule has 2 aliphatic heterocycles. The average Bonchev–Trinajstić information content (AvgIpc) is 2.83. The summed E-state index contributed by atoms with van der Waals surface area (Å²) >= 11 is 0. The minimum absolute atomic E-state index is 0.0803. The normalized spacial score (nSPS) is 26.5. The topological polar surface area (TPSA) is 101 Å². The summed E-state index contributed by atoms with van der Waals surface area (Å²) in [6.07, 6.45) is 4.69. The Labute approximate surface area is 125 Å². The van der Waals surface area contributed by atoms with Gasteiger partial charge in [0.05, 0.1) is 5.69 Å². The van der Waals surface area contributed by atoms with E-state index in [-0.39, 0.29) is 10.9 Å². The van der Waals surface area contributed by atoms with Gasteiger partial charge in [0.1, 0.15) is 4.90 Å². The maximum atomic E-state index is 11.7. The van der Waals surface area contributed by atoms with Crippen LogP contribution in [-0.4, -0.2) is 38.5 Å². The standard InChI is InChI=1S/C14H22N4O2S/c15-10-4-5-12(14(9-10)21(16,19)20)17-11-6-8-18-7-2-1-3-13(11)18/h4-5,9,11,13,17H,1-3,6-8,15H2,(H2,16,19,20). The van der Waals surface area contributed by atoms with Crippen LogP contribution < -0.4 is 16.2 Å². The van der Waals surface area contributed by atoms with Crippen LogP contribution in [0.1, 0.15) is 25.7 Å². The number of anilines is 2. The maximum absolute atomic E-state index is 11.7. The second-order valence-electron chi connectivity index (χ2n) is 5.94. The zero-order valence-corrected chi connectivity index (χ0v) is 12.8. The van der Waals surface area contributed by atoms with Crippen molar-refractivity contribution in [3.8, 4) is 0 Å². The number of piperidine rings is 1. The molecule has 1 aromatic carbocycles. The van der Waals surface area contributed by atoms with Gasteiger partial charge in [-0.1, -0.05) is 6.42 Å². The first-order valence-corrected chi connectivity index (χ1v) is 8.93. The van der Waals surface area contributed by atoms with Crippen molar-refractivity contribution in [2.24, 2.45) is 5.14 Å². The van der Waals surface area contributed by atoms with E-state index in [2.05, 4.69) is 10.2 Å². The zero-order valence-electron chi connectivity index (χ0n) is 12.0. The molecule has 21 heavy (non-hydrogen) atoms. The molecule has 2 saturated heterocycles. The van der Waals surface area contributed by atoms with E-state index in [1.54, 1.807) is 12.1 Å². The molecule has 0 spiro atoms. The van der Waals surface area contributed by atoms with E-state index in [4.69, 9.17) is 10.9 Å². The Morgan fingerprint density at radius 2 is 2.00 bits per heavy atom. The van der Waals surface area contributed by atoms with Gasteiger partial charge in [0.15, 0.2) is 0 Å². The van der Waals surface area contributed by atoms with Crippen LogP contribution >= 0.6 is 0 Å². The highest BCUT2D eigenvalue weighted by Gasteiger charge is 2.35. The largest absolute Gasteiger partial charge is 0.399 e. The van der Waals surface area contributed by atoms with Crippen molar-refractivity contribution in [1.82, 2.24) is 4.90 Å². The molecular formula is C14H22N4O2S. The number of hydrogen-bond donors (Lipinski definition) is 3. The van der Waals surface area contributed by atoms with Gasteiger partial charge >= 0.3 is 0 Å². The van der Waals surface area contributed by atoms with Crippen LogP contribution in [0.5, 0.6) is 0 Å². The van der Waals surface area contributed by atoms with E-state index in [1.807, 2.05) is 0 Å². The monoisotopic (exact) mass is 310 g/mol. The number of nitrogens with one attached hydrogen (secondary N) is 1. The molecule has 116 valence electrons. The Hall–Kier alpha value is -1.31. The summed E-state index contributed by atoms with van der Waals surface area (Å²) in [5.74, 6) is 0. The molecular weight excluding hydrogens is 288 g/mol. The molecule has 0 saturated carbocycles. The summed E-state index contributed by atoms with van der Waals surface area (Å²) in [5.41, 5.74) is 6.64. The first-order valence-electron chi connectivity index (χ1n) is 7.38. The number of primary sulfonamides is 1. The number of fused-ring (bicyclic) bond motifs is 1. The lowest BCUT2D eigenvalue weighted by molar-refractivity contribution is 0.192. The van der Waals surface area contributed by atoms with Crippen molar-refractivity contribution in [1.29, 1.82) is 0 Å². The lowest BCUT2D eigenvalue weighted by atomic mass is 9.99. The number of nitrogen functional groups attached to an aromatic ring is 1. The van der Waals surface area contributed by atoms with E-state index in [0.29, 0.717) is 17.4 Å². The number of sulfonamides is 1. The van der Waals surface area contributed by atoms with E-state index in [9.17, 15) is 8.42 Å². The second kappa shape index (κ2) is 5.47.